The average molecular weight is 338 g/mol. The lowest BCUT2D eigenvalue weighted by molar-refractivity contribution is -0.174. The quantitative estimate of drug-likeness (QED) is 0.442. The first-order valence-electron chi connectivity index (χ1n) is 6.07. The Morgan fingerprint density at radius 3 is 2.50 bits per heavy atom. The molecule has 3 heteroatoms. The van der Waals surface area contributed by atoms with Crippen LogP contribution in [-0.2, 0) is 9.53 Å². The number of halogens is 1. The Labute approximate surface area is 113 Å². The summed E-state index contributed by atoms with van der Waals surface area (Å²) in [6.07, 6.45) is 4.55. The summed E-state index contributed by atoms with van der Waals surface area (Å²) in [5.74, 6) is 0.341. The van der Waals surface area contributed by atoms with Gasteiger partial charge in [-0.15, -0.1) is 0 Å². The van der Waals surface area contributed by atoms with E-state index in [-0.39, 0.29) is 17.0 Å². The number of rotatable bonds is 3. The van der Waals surface area contributed by atoms with Gasteiger partial charge in [-0.1, -0.05) is 36.4 Å². The van der Waals surface area contributed by atoms with Gasteiger partial charge in [0.05, 0.1) is 0 Å². The lowest BCUT2D eigenvalue weighted by Gasteiger charge is -2.49. The van der Waals surface area contributed by atoms with Crippen molar-refractivity contribution in [2.75, 3.05) is 4.43 Å². The molecule has 1 aliphatic carbocycles. The van der Waals surface area contributed by atoms with E-state index in [0.29, 0.717) is 5.92 Å². The Kier molecular flexibility index (Phi) is 4.66. The molecule has 1 saturated carbocycles. The fourth-order valence-electron chi connectivity index (χ4n) is 3.33. The Morgan fingerprint density at radius 1 is 1.38 bits per heavy atom. The highest BCUT2D eigenvalue weighted by Gasteiger charge is 2.48. The minimum absolute atomic E-state index is 0.140. The monoisotopic (exact) mass is 338 g/mol. The van der Waals surface area contributed by atoms with E-state index >= 15 is 0 Å². The van der Waals surface area contributed by atoms with Gasteiger partial charge < -0.3 is 4.74 Å². The fourth-order valence-corrected chi connectivity index (χ4v) is 3.95. The van der Waals surface area contributed by atoms with Gasteiger partial charge in [0, 0.05) is 12.8 Å². The van der Waals surface area contributed by atoms with Gasteiger partial charge in [0.1, 0.15) is 5.60 Å². The number of alkyl halides is 1. The molecule has 0 aromatic carbocycles. The molecule has 0 aromatic heterocycles. The molecule has 0 saturated heterocycles. The van der Waals surface area contributed by atoms with Gasteiger partial charge in [0.15, 0.2) is 0 Å². The Morgan fingerprint density at radius 2 is 2.00 bits per heavy atom. The lowest BCUT2D eigenvalue weighted by Crippen LogP contribution is -2.49. The summed E-state index contributed by atoms with van der Waals surface area (Å²) in [6, 6.07) is 0. The van der Waals surface area contributed by atoms with Crippen LogP contribution in [-0.4, -0.2) is 16.0 Å². The van der Waals surface area contributed by atoms with Gasteiger partial charge in [-0.25, -0.2) is 0 Å². The zero-order chi connectivity index (χ0) is 12.4. The summed E-state index contributed by atoms with van der Waals surface area (Å²) in [5, 5.41) is 0. The standard InChI is InChI=1S/C13H23IO2/c1-10(15)16-13(4)8-5-7-12(2,3)11(13)6-9-14/h11H,5-9H2,1-4H3/t11-,13-/m1/s1. The molecule has 2 nitrogen and oxygen atoms in total. The van der Waals surface area contributed by atoms with E-state index in [1.54, 1.807) is 0 Å². The molecule has 0 heterocycles. The van der Waals surface area contributed by atoms with E-state index in [9.17, 15) is 4.79 Å². The Hall–Kier alpha value is 0.200. The minimum Gasteiger partial charge on any atom is -0.459 e. The van der Waals surface area contributed by atoms with Gasteiger partial charge in [-0.3, -0.25) is 4.79 Å². The normalized spacial score (nSPS) is 33.4. The second-order valence-electron chi connectivity index (χ2n) is 5.78. The van der Waals surface area contributed by atoms with E-state index in [4.69, 9.17) is 4.74 Å². The van der Waals surface area contributed by atoms with Crippen molar-refractivity contribution in [2.24, 2.45) is 11.3 Å². The molecule has 1 aliphatic rings. The summed E-state index contributed by atoms with van der Waals surface area (Å²) in [7, 11) is 0. The maximum Gasteiger partial charge on any atom is 0.303 e. The second-order valence-corrected chi connectivity index (χ2v) is 6.86. The molecular weight excluding hydrogens is 315 g/mol. The summed E-state index contributed by atoms with van der Waals surface area (Å²) in [6.45, 7) is 8.26. The van der Waals surface area contributed by atoms with Gasteiger partial charge in [-0.05, 0) is 42.4 Å². The molecule has 16 heavy (non-hydrogen) atoms. The molecule has 1 rings (SSSR count). The molecule has 0 radical (unpaired) electrons. The van der Waals surface area contributed by atoms with Crippen molar-refractivity contribution in [2.45, 2.75) is 59.0 Å². The molecule has 1 fully saturated rings. The van der Waals surface area contributed by atoms with Crippen LogP contribution in [0.15, 0.2) is 0 Å². The molecule has 0 unspecified atom stereocenters. The van der Waals surface area contributed by atoms with E-state index in [1.807, 2.05) is 0 Å². The van der Waals surface area contributed by atoms with Crippen molar-refractivity contribution in [1.29, 1.82) is 0 Å². The smallest absolute Gasteiger partial charge is 0.303 e. The Balaban J connectivity index is 2.90. The third kappa shape index (κ3) is 3.11. The van der Waals surface area contributed by atoms with Gasteiger partial charge >= 0.3 is 5.97 Å². The molecule has 0 spiro atoms. The molecule has 2 atom stereocenters. The minimum atomic E-state index is -0.251. The third-order valence-electron chi connectivity index (χ3n) is 3.95. The first kappa shape index (κ1) is 14.3. The molecule has 0 aliphatic heterocycles. The van der Waals surface area contributed by atoms with Crippen molar-refractivity contribution in [3.8, 4) is 0 Å². The number of carbonyl (C=O) groups excluding carboxylic acids is 1. The first-order valence-corrected chi connectivity index (χ1v) is 7.60. The van der Waals surface area contributed by atoms with E-state index in [0.717, 1.165) is 23.7 Å². The molecular formula is C13H23IO2. The molecule has 0 N–H and O–H groups in total. The topological polar surface area (TPSA) is 26.3 Å². The van der Waals surface area contributed by atoms with Crippen molar-refractivity contribution < 1.29 is 9.53 Å². The number of hydrogen-bond donors (Lipinski definition) is 0. The molecule has 0 amide bonds. The Bertz CT molecular complexity index is 263. The van der Waals surface area contributed by atoms with E-state index in [1.165, 1.54) is 13.3 Å². The van der Waals surface area contributed by atoms with Crippen molar-refractivity contribution >= 4 is 28.6 Å². The van der Waals surface area contributed by atoms with Crippen LogP contribution in [0.1, 0.15) is 53.4 Å². The average Bonchev–Trinajstić information content (AvgIpc) is 2.10. The van der Waals surface area contributed by atoms with Crippen LogP contribution in [0, 0.1) is 11.3 Å². The number of esters is 1. The summed E-state index contributed by atoms with van der Waals surface area (Å²) in [4.78, 5) is 11.3. The predicted octanol–water partition coefficient (Wildman–Crippen LogP) is 3.96. The van der Waals surface area contributed by atoms with Crippen LogP contribution in [0.4, 0.5) is 0 Å². The van der Waals surface area contributed by atoms with Crippen LogP contribution >= 0.6 is 22.6 Å². The summed E-state index contributed by atoms with van der Waals surface area (Å²) in [5.41, 5.74) is 0.0341. The largest absolute Gasteiger partial charge is 0.459 e. The van der Waals surface area contributed by atoms with Gasteiger partial charge in [0.25, 0.3) is 0 Å². The number of ether oxygens (including phenoxy) is 1. The van der Waals surface area contributed by atoms with Crippen LogP contribution < -0.4 is 0 Å². The van der Waals surface area contributed by atoms with Crippen LogP contribution in [0.25, 0.3) is 0 Å². The maximum atomic E-state index is 11.3. The van der Waals surface area contributed by atoms with Crippen LogP contribution in [0.3, 0.4) is 0 Å². The van der Waals surface area contributed by atoms with Crippen LogP contribution in [0.2, 0.25) is 0 Å². The maximum absolute atomic E-state index is 11.3. The highest BCUT2D eigenvalue weighted by atomic mass is 127. The lowest BCUT2D eigenvalue weighted by atomic mass is 9.61. The summed E-state index contributed by atoms with van der Waals surface area (Å²) >= 11 is 2.42. The highest BCUT2D eigenvalue weighted by molar-refractivity contribution is 14.1. The number of hydrogen-bond acceptors (Lipinski definition) is 2. The van der Waals surface area contributed by atoms with Gasteiger partial charge in [-0.2, -0.15) is 0 Å². The zero-order valence-electron chi connectivity index (χ0n) is 10.8. The second kappa shape index (κ2) is 5.23. The van der Waals surface area contributed by atoms with Crippen molar-refractivity contribution in [3.05, 3.63) is 0 Å². The molecule has 0 aromatic rings. The number of carbonyl (C=O) groups is 1. The predicted molar refractivity (Wildman–Crippen MR) is 74.8 cm³/mol. The van der Waals surface area contributed by atoms with Crippen molar-refractivity contribution in [1.82, 2.24) is 0 Å². The van der Waals surface area contributed by atoms with E-state index in [2.05, 4.69) is 43.4 Å². The zero-order valence-corrected chi connectivity index (χ0v) is 13.0. The fraction of sp³-hybridized carbons (Fsp3) is 0.923. The molecule has 0 bridgehead atoms. The highest BCUT2D eigenvalue weighted by Crippen LogP contribution is 2.49. The summed E-state index contributed by atoms with van der Waals surface area (Å²) < 4.78 is 6.76. The van der Waals surface area contributed by atoms with E-state index < -0.39 is 0 Å². The van der Waals surface area contributed by atoms with Crippen molar-refractivity contribution in [3.63, 3.8) is 0 Å². The van der Waals surface area contributed by atoms with Crippen LogP contribution in [0.5, 0.6) is 0 Å². The SMILES string of the molecule is CC(=O)O[C@]1(C)CCCC(C)(C)[C@H]1CCI. The molecule has 94 valence electrons. The third-order valence-corrected chi connectivity index (χ3v) is 4.57. The van der Waals surface area contributed by atoms with Gasteiger partial charge in [0.2, 0.25) is 0 Å². The first-order chi connectivity index (χ1) is 7.32.